The van der Waals surface area contributed by atoms with E-state index in [1.165, 1.54) is 12.8 Å². The number of fused-ring (bicyclic) bond motifs is 2. The Balaban J connectivity index is 1.55. The van der Waals surface area contributed by atoms with Crippen LogP contribution in [0.2, 0.25) is 10.0 Å². The number of carbonyl (C=O) groups is 1. The lowest BCUT2D eigenvalue weighted by atomic mass is 9.62. The Hall–Kier alpha value is -1.29. The molecule has 0 unspecified atom stereocenters. The Morgan fingerprint density at radius 2 is 2.00 bits per heavy atom. The first-order valence-electron chi connectivity index (χ1n) is 9.76. The number of hydrogen-bond acceptors (Lipinski definition) is 2. The normalized spacial score (nSPS) is 26.7. The van der Waals surface area contributed by atoms with Crippen molar-refractivity contribution >= 4 is 29.2 Å². The number of unbranched alkanes of at least 4 members (excludes halogenated alkanes) is 1. The quantitative estimate of drug-likeness (QED) is 0.406. The van der Waals surface area contributed by atoms with Gasteiger partial charge in [-0.3, -0.25) is 4.79 Å². The molecule has 0 amide bonds. The molecule has 3 nitrogen and oxygen atoms in total. The lowest BCUT2D eigenvalue weighted by Crippen LogP contribution is -2.41. The van der Waals surface area contributed by atoms with Crippen molar-refractivity contribution in [2.24, 2.45) is 23.7 Å². The highest BCUT2D eigenvalue weighted by Gasteiger charge is 2.38. The van der Waals surface area contributed by atoms with Gasteiger partial charge in [0, 0.05) is 23.0 Å². The second kappa shape index (κ2) is 9.77. The fraction of sp³-hybridized carbons (Fsp3) is 0.500. The summed E-state index contributed by atoms with van der Waals surface area (Å²) in [6, 6.07) is 5.64. The molecule has 0 heterocycles. The number of aliphatic carboxylic acids is 1. The van der Waals surface area contributed by atoms with Crippen LogP contribution in [0.15, 0.2) is 42.5 Å². The van der Waals surface area contributed by atoms with E-state index >= 15 is 0 Å². The van der Waals surface area contributed by atoms with Crippen LogP contribution in [0.4, 0.5) is 0 Å². The highest BCUT2D eigenvalue weighted by Crippen LogP contribution is 2.45. The molecule has 2 N–H and O–H groups in total. The van der Waals surface area contributed by atoms with Crippen molar-refractivity contribution < 1.29 is 9.90 Å². The first kappa shape index (κ1) is 20.4. The van der Waals surface area contributed by atoms with Crippen molar-refractivity contribution in [1.29, 1.82) is 0 Å². The lowest BCUT2D eigenvalue weighted by Gasteiger charge is -2.44. The molecule has 4 rings (SSSR count). The number of carboxylic acid groups (broad SMARTS) is 1. The van der Waals surface area contributed by atoms with E-state index in [1.54, 1.807) is 6.07 Å². The van der Waals surface area contributed by atoms with Crippen LogP contribution in [0, 0.1) is 23.7 Å². The standard InChI is InChI=1S/C22H27Cl2NO2/c23-18-11-10-17(21(24)12-18)13-25-14-20-16-8-6-15(7-9-16)19(20)4-2-1-3-5-22(26)27/h2,4,6,8,10-12,15-16,19-20,25H,1,3,5,7,9,13-14H2,(H,26,27)/b4-2-/t15-,16+,19-,20-/m0/s1. The Bertz CT molecular complexity index is 716. The largest absolute Gasteiger partial charge is 0.481 e. The fourth-order valence-corrected chi connectivity index (χ4v) is 4.85. The van der Waals surface area contributed by atoms with Gasteiger partial charge in [-0.05, 0) is 73.6 Å². The van der Waals surface area contributed by atoms with Crippen LogP contribution in [-0.2, 0) is 11.3 Å². The Labute approximate surface area is 171 Å². The van der Waals surface area contributed by atoms with Gasteiger partial charge in [-0.15, -0.1) is 0 Å². The molecule has 2 bridgehead atoms. The molecule has 1 fully saturated rings. The number of rotatable bonds is 9. The topological polar surface area (TPSA) is 49.3 Å². The van der Waals surface area contributed by atoms with Gasteiger partial charge in [-0.1, -0.05) is 53.6 Å². The fourth-order valence-electron chi connectivity index (χ4n) is 4.38. The first-order chi connectivity index (χ1) is 13.0. The third-order valence-corrected chi connectivity index (χ3v) is 6.39. The van der Waals surface area contributed by atoms with Crippen LogP contribution in [0.3, 0.4) is 0 Å². The summed E-state index contributed by atoms with van der Waals surface area (Å²) in [6.07, 6.45) is 13.6. The summed E-state index contributed by atoms with van der Waals surface area (Å²) in [7, 11) is 0. The molecular weight excluding hydrogens is 381 g/mol. The zero-order valence-corrected chi connectivity index (χ0v) is 16.9. The van der Waals surface area contributed by atoms with E-state index in [4.69, 9.17) is 28.3 Å². The second-order valence-electron chi connectivity index (χ2n) is 7.61. The van der Waals surface area contributed by atoms with Crippen LogP contribution in [0.5, 0.6) is 0 Å². The molecule has 0 radical (unpaired) electrons. The summed E-state index contributed by atoms with van der Waals surface area (Å²) in [4.78, 5) is 10.6. The minimum Gasteiger partial charge on any atom is -0.481 e. The average molecular weight is 408 g/mol. The van der Waals surface area contributed by atoms with E-state index in [-0.39, 0.29) is 6.42 Å². The van der Waals surface area contributed by atoms with Crippen molar-refractivity contribution in [3.63, 3.8) is 0 Å². The number of benzene rings is 1. The minimum absolute atomic E-state index is 0.244. The summed E-state index contributed by atoms with van der Waals surface area (Å²) in [5, 5.41) is 13.7. The average Bonchev–Trinajstić information content (AvgIpc) is 2.64. The lowest BCUT2D eigenvalue weighted by molar-refractivity contribution is -0.137. The molecule has 3 aliphatic carbocycles. The van der Waals surface area contributed by atoms with E-state index in [2.05, 4.69) is 29.6 Å². The van der Waals surface area contributed by atoms with Gasteiger partial charge in [-0.25, -0.2) is 0 Å². The van der Waals surface area contributed by atoms with Crippen molar-refractivity contribution in [1.82, 2.24) is 5.32 Å². The molecule has 0 saturated heterocycles. The van der Waals surface area contributed by atoms with Crippen LogP contribution in [0.1, 0.15) is 37.7 Å². The summed E-state index contributed by atoms with van der Waals surface area (Å²) >= 11 is 12.2. The van der Waals surface area contributed by atoms with E-state index < -0.39 is 5.97 Å². The van der Waals surface area contributed by atoms with Crippen LogP contribution >= 0.6 is 23.2 Å². The summed E-state index contributed by atoms with van der Waals surface area (Å²) in [5.41, 5.74) is 1.07. The van der Waals surface area contributed by atoms with Gasteiger partial charge in [0.15, 0.2) is 0 Å². The zero-order chi connectivity index (χ0) is 19.2. The maximum Gasteiger partial charge on any atom is 0.303 e. The van der Waals surface area contributed by atoms with Crippen LogP contribution in [0.25, 0.3) is 0 Å². The van der Waals surface area contributed by atoms with Gasteiger partial charge in [0.2, 0.25) is 0 Å². The Morgan fingerprint density at radius 1 is 1.22 bits per heavy atom. The third kappa shape index (κ3) is 5.60. The molecular formula is C22H27Cl2NO2. The highest BCUT2D eigenvalue weighted by molar-refractivity contribution is 6.35. The molecule has 0 aromatic heterocycles. The summed E-state index contributed by atoms with van der Waals surface area (Å²) < 4.78 is 0. The van der Waals surface area contributed by atoms with E-state index in [1.807, 2.05) is 12.1 Å². The van der Waals surface area contributed by atoms with Crippen LogP contribution < -0.4 is 5.32 Å². The van der Waals surface area contributed by atoms with Gasteiger partial charge < -0.3 is 10.4 Å². The second-order valence-corrected chi connectivity index (χ2v) is 8.46. The zero-order valence-electron chi connectivity index (χ0n) is 15.4. The molecule has 146 valence electrons. The van der Waals surface area contributed by atoms with Gasteiger partial charge in [0.25, 0.3) is 0 Å². The van der Waals surface area contributed by atoms with Crippen molar-refractivity contribution in [2.75, 3.05) is 6.54 Å². The molecule has 0 spiro atoms. The Kier molecular flexibility index (Phi) is 7.40. The highest BCUT2D eigenvalue weighted by atomic mass is 35.5. The number of hydrogen-bond donors (Lipinski definition) is 2. The predicted octanol–water partition coefficient (Wildman–Crippen LogP) is 5.72. The summed E-state index contributed by atoms with van der Waals surface area (Å²) in [6.45, 7) is 1.69. The number of halogens is 2. The molecule has 0 aliphatic heterocycles. The summed E-state index contributed by atoms with van der Waals surface area (Å²) in [5.74, 6) is 1.63. The van der Waals surface area contributed by atoms with E-state index in [9.17, 15) is 4.79 Å². The number of carboxylic acids is 1. The minimum atomic E-state index is -0.717. The first-order valence-corrected chi connectivity index (χ1v) is 10.5. The van der Waals surface area contributed by atoms with Crippen molar-refractivity contribution in [3.05, 3.63) is 58.1 Å². The molecule has 1 saturated carbocycles. The smallest absolute Gasteiger partial charge is 0.303 e. The van der Waals surface area contributed by atoms with Crippen molar-refractivity contribution in [2.45, 2.75) is 38.6 Å². The van der Waals surface area contributed by atoms with Crippen LogP contribution in [-0.4, -0.2) is 17.6 Å². The maximum absolute atomic E-state index is 10.6. The number of nitrogens with one attached hydrogen (secondary N) is 1. The van der Waals surface area contributed by atoms with E-state index in [0.29, 0.717) is 40.1 Å². The molecule has 1 aromatic rings. The third-order valence-electron chi connectivity index (χ3n) is 5.81. The van der Waals surface area contributed by atoms with Crippen molar-refractivity contribution in [3.8, 4) is 0 Å². The molecule has 4 atom stereocenters. The molecule has 3 aliphatic rings. The monoisotopic (exact) mass is 407 g/mol. The predicted molar refractivity (Wildman–Crippen MR) is 111 cm³/mol. The molecule has 27 heavy (non-hydrogen) atoms. The van der Waals surface area contributed by atoms with Gasteiger partial charge in [0.05, 0.1) is 0 Å². The van der Waals surface area contributed by atoms with Gasteiger partial charge in [-0.2, -0.15) is 0 Å². The molecule has 1 aromatic carbocycles. The van der Waals surface area contributed by atoms with Gasteiger partial charge in [0.1, 0.15) is 0 Å². The number of allylic oxidation sites excluding steroid dienone is 4. The molecule has 5 heteroatoms. The SMILES string of the molecule is O=C(O)CCC/C=C\[C@@H]1[C@@H](CNCc2ccc(Cl)cc2Cl)[C@@H]2C=C[C@H]1CC2. The Morgan fingerprint density at radius 3 is 2.70 bits per heavy atom. The van der Waals surface area contributed by atoms with E-state index in [0.717, 1.165) is 25.1 Å². The maximum atomic E-state index is 10.6. The van der Waals surface area contributed by atoms with Gasteiger partial charge >= 0.3 is 5.97 Å².